The van der Waals surface area contributed by atoms with Crippen molar-refractivity contribution < 1.29 is 4.74 Å². The maximum Gasteiger partial charge on any atom is 0.191 e. The summed E-state index contributed by atoms with van der Waals surface area (Å²) in [5.74, 6) is 1.67. The smallest absolute Gasteiger partial charge is 0.191 e. The lowest BCUT2D eigenvalue weighted by atomic mass is 10.1. The van der Waals surface area contributed by atoms with Crippen molar-refractivity contribution >= 4 is 41.3 Å². The Bertz CT molecular complexity index is 881. The molecular formula is C22H27IN4OS. The van der Waals surface area contributed by atoms with E-state index in [9.17, 15) is 0 Å². The van der Waals surface area contributed by atoms with E-state index in [-0.39, 0.29) is 24.0 Å². The van der Waals surface area contributed by atoms with Crippen molar-refractivity contribution in [1.82, 2.24) is 15.6 Å². The van der Waals surface area contributed by atoms with Gasteiger partial charge in [0.1, 0.15) is 17.4 Å². The first-order valence-corrected chi connectivity index (χ1v) is 10.2. The summed E-state index contributed by atoms with van der Waals surface area (Å²) in [6.07, 6.45) is 2.81. The van der Waals surface area contributed by atoms with Gasteiger partial charge < -0.3 is 15.4 Å². The molecule has 0 aliphatic carbocycles. The highest BCUT2D eigenvalue weighted by Crippen LogP contribution is 2.14. The lowest BCUT2D eigenvalue weighted by Crippen LogP contribution is -2.37. The molecule has 3 aromatic rings. The van der Waals surface area contributed by atoms with E-state index in [0.29, 0.717) is 13.2 Å². The minimum atomic E-state index is 0. The van der Waals surface area contributed by atoms with Crippen molar-refractivity contribution in [2.45, 2.75) is 26.5 Å². The summed E-state index contributed by atoms with van der Waals surface area (Å²) in [7, 11) is 1.78. The number of hydrogen-bond donors (Lipinski definition) is 2. The summed E-state index contributed by atoms with van der Waals surface area (Å²) in [6, 6.07) is 18.5. The van der Waals surface area contributed by atoms with E-state index in [0.717, 1.165) is 29.7 Å². The molecule has 0 saturated heterocycles. The molecule has 0 amide bonds. The molecule has 5 nitrogen and oxygen atoms in total. The van der Waals surface area contributed by atoms with Crippen LogP contribution in [0.5, 0.6) is 5.75 Å². The topological polar surface area (TPSA) is 58.5 Å². The second-order valence-electron chi connectivity index (χ2n) is 6.39. The van der Waals surface area contributed by atoms with E-state index < -0.39 is 0 Å². The Morgan fingerprint density at radius 3 is 2.45 bits per heavy atom. The number of aliphatic imine (C=N–C) groups is 1. The SMILES string of the molecule is CN=C(NCCc1ccc(OCc2ccccc2)cc1)NCc1ncc(C)s1.I. The number of hydrogen-bond acceptors (Lipinski definition) is 4. The monoisotopic (exact) mass is 522 g/mol. The molecular weight excluding hydrogens is 495 g/mol. The van der Waals surface area contributed by atoms with Crippen LogP contribution in [0.1, 0.15) is 21.0 Å². The lowest BCUT2D eigenvalue weighted by Gasteiger charge is -2.11. The summed E-state index contributed by atoms with van der Waals surface area (Å²) in [6.45, 7) is 4.14. The number of benzene rings is 2. The van der Waals surface area contributed by atoms with Crippen molar-refractivity contribution in [1.29, 1.82) is 0 Å². The molecule has 0 spiro atoms. The van der Waals surface area contributed by atoms with Crippen molar-refractivity contribution in [3.05, 3.63) is 81.8 Å². The molecule has 0 aliphatic heterocycles. The predicted molar refractivity (Wildman–Crippen MR) is 131 cm³/mol. The Morgan fingerprint density at radius 2 is 1.79 bits per heavy atom. The van der Waals surface area contributed by atoms with Gasteiger partial charge in [-0.15, -0.1) is 35.3 Å². The van der Waals surface area contributed by atoms with Gasteiger partial charge in [-0.25, -0.2) is 4.98 Å². The van der Waals surface area contributed by atoms with Crippen LogP contribution >= 0.6 is 35.3 Å². The molecule has 0 saturated carbocycles. The van der Waals surface area contributed by atoms with Crippen LogP contribution in [0.15, 0.2) is 65.8 Å². The van der Waals surface area contributed by atoms with Gasteiger partial charge in [0.05, 0.1) is 6.54 Å². The highest BCUT2D eigenvalue weighted by molar-refractivity contribution is 14.0. The van der Waals surface area contributed by atoms with Gasteiger partial charge in [0.25, 0.3) is 0 Å². The molecule has 0 bridgehead atoms. The average Bonchev–Trinajstić information content (AvgIpc) is 3.16. The first-order chi connectivity index (χ1) is 13.7. The fourth-order valence-electron chi connectivity index (χ4n) is 2.68. The van der Waals surface area contributed by atoms with Crippen molar-refractivity contribution in [2.75, 3.05) is 13.6 Å². The second kappa shape index (κ2) is 12.4. The van der Waals surface area contributed by atoms with Gasteiger partial charge in [-0.05, 0) is 36.6 Å². The average molecular weight is 522 g/mol. The number of aryl methyl sites for hydroxylation is 1. The summed E-state index contributed by atoms with van der Waals surface area (Å²) in [5.41, 5.74) is 2.42. The van der Waals surface area contributed by atoms with Crippen LogP contribution in [0.3, 0.4) is 0 Å². The molecule has 7 heteroatoms. The van der Waals surface area contributed by atoms with E-state index in [1.54, 1.807) is 18.4 Å². The largest absolute Gasteiger partial charge is 0.489 e. The van der Waals surface area contributed by atoms with Gasteiger partial charge in [0.2, 0.25) is 0 Å². The minimum absolute atomic E-state index is 0. The highest BCUT2D eigenvalue weighted by atomic mass is 127. The Hall–Kier alpha value is -2.13. The van der Waals surface area contributed by atoms with Gasteiger partial charge in [-0.2, -0.15) is 0 Å². The Balaban J connectivity index is 0.00000300. The lowest BCUT2D eigenvalue weighted by molar-refractivity contribution is 0.306. The number of rotatable bonds is 8. The third kappa shape index (κ3) is 8.02. The number of nitrogens with zero attached hydrogens (tertiary/aromatic N) is 2. The summed E-state index contributed by atoms with van der Waals surface area (Å²) >= 11 is 1.70. The van der Waals surface area contributed by atoms with Gasteiger partial charge in [-0.1, -0.05) is 42.5 Å². The Labute approximate surface area is 193 Å². The van der Waals surface area contributed by atoms with Gasteiger partial charge in [0.15, 0.2) is 5.96 Å². The number of aromatic nitrogens is 1. The first kappa shape index (κ1) is 23.2. The molecule has 0 unspecified atom stereocenters. The summed E-state index contributed by atoms with van der Waals surface area (Å²) in [4.78, 5) is 9.83. The summed E-state index contributed by atoms with van der Waals surface area (Å²) in [5, 5.41) is 7.70. The molecule has 0 fully saturated rings. The fourth-order valence-corrected chi connectivity index (χ4v) is 3.41. The highest BCUT2D eigenvalue weighted by Gasteiger charge is 2.02. The minimum Gasteiger partial charge on any atom is -0.489 e. The van der Waals surface area contributed by atoms with E-state index in [1.165, 1.54) is 16.0 Å². The van der Waals surface area contributed by atoms with Gasteiger partial charge in [0, 0.05) is 24.7 Å². The fraction of sp³-hybridized carbons (Fsp3) is 0.273. The Kier molecular flexibility index (Phi) is 9.93. The van der Waals surface area contributed by atoms with Crippen LogP contribution in [-0.4, -0.2) is 24.5 Å². The predicted octanol–water partition coefficient (Wildman–Crippen LogP) is 4.56. The van der Waals surface area contributed by atoms with Crippen LogP contribution in [-0.2, 0) is 19.6 Å². The zero-order valence-corrected chi connectivity index (χ0v) is 19.9. The number of thiazole rings is 1. The second-order valence-corrected chi connectivity index (χ2v) is 7.70. The quantitative estimate of drug-likeness (QED) is 0.259. The number of halogens is 1. The zero-order chi connectivity index (χ0) is 19.6. The van der Waals surface area contributed by atoms with Gasteiger partial charge in [-0.3, -0.25) is 4.99 Å². The molecule has 0 aliphatic rings. The molecule has 1 heterocycles. The molecule has 2 aromatic carbocycles. The first-order valence-electron chi connectivity index (χ1n) is 9.34. The molecule has 29 heavy (non-hydrogen) atoms. The normalized spacial score (nSPS) is 10.9. The number of ether oxygens (including phenoxy) is 1. The number of guanidine groups is 1. The van der Waals surface area contributed by atoms with Crippen LogP contribution in [0.4, 0.5) is 0 Å². The van der Waals surface area contributed by atoms with Crippen LogP contribution in [0.25, 0.3) is 0 Å². The number of nitrogens with one attached hydrogen (secondary N) is 2. The Morgan fingerprint density at radius 1 is 1.03 bits per heavy atom. The maximum absolute atomic E-state index is 5.83. The van der Waals surface area contributed by atoms with Crippen LogP contribution in [0.2, 0.25) is 0 Å². The van der Waals surface area contributed by atoms with Crippen molar-refractivity contribution in [2.24, 2.45) is 4.99 Å². The standard InChI is InChI=1S/C22H26N4OS.HI/c1-17-14-25-21(28-17)15-26-22(23-2)24-13-12-18-8-10-20(11-9-18)27-16-19-6-4-3-5-7-19;/h3-11,14H,12-13,15-16H2,1-2H3,(H2,23,24,26);1H. The van der Waals surface area contributed by atoms with Crippen LogP contribution < -0.4 is 15.4 Å². The third-order valence-corrected chi connectivity index (χ3v) is 5.09. The van der Waals surface area contributed by atoms with E-state index in [2.05, 4.69) is 51.8 Å². The molecule has 1 aromatic heterocycles. The molecule has 3 rings (SSSR count). The van der Waals surface area contributed by atoms with E-state index in [1.807, 2.05) is 36.5 Å². The van der Waals surface area contributed by atoms with Crippen molar-refractivity contribution in [3.63, 3.8) is 0 Å². The molecule has 0 atom stereocenters. The van der Waals surface area contributed by atoms with Crippen LogP contribution in [0, 0.1) is 6.92 Å². The zero-order valence-electron chi connectivity index (χ0n) is 16.7. The third-order valence-electron chi connectivity index (χ3n) is 4.18. The van der Waals surface area contributed by atoms with Crippen molar-refractivity contribution in [3.8, 4) is 5.75 Å². The van der Waals surface area contributed by atoms with E-state index >= 15 is 0 Å². The van der Waals surface area contributed by atoms with Gasteiger partial charge >= 0.3 is 0 Å². The molecule has 2 N–H and O–H groups in total. The summed E-state index contributed by atoms with van der Waals surface area (Å²) < 4.78 is 5.83. The molecule has 0 radical (unpaired) electrons. The molecule has 154 valence electrons. The van der Waals surface area contributed by atoms with E-state index in [4.69, 9.17) is 4.74 Å². The maximum atomic E-state index is 5.83.